The van der Waals surface area contributed by atoms with E-state index in [2.05, 4.69) is 29.6 Å². The molecule has 0 bridgehead atoms. The van der Waals surface area contributed by atoms with Crippen molar-refractivity contribution in [3.8, 4) is 11.1 Å². The lowest BCUT2D eigenvalue weighted by molar-refractivity contribution is -0.142. The number of ether oxygens (including phenoxy) is 1. The van der Waals surface area contributed by atoms with Gasteiger partial charge in [0.2, 0.25) is 0 Å². The maximum absolute atomic E-state index is 13.8. The monoisotopic (exact) mass is 630 g/mol. The summed E-state index contributed by atoms with van der Waals surface area (Å²) in [5.41, 5.74) is 5.27. The van der Waals surface area contributed by atoms with Gasteiger partial charge in [0, 0.05) is 18.9 Å². The van der Waals surface area contributed by atoms with E-state index in [0.29, 0.717) is 15.6 Å². The highest BCUT2D eigenvalue weighted by Crippen LogP contribution is 2.44. The van der Waals surface area contributed by atoms with Gasteiger partial charge >= 0.3 is 12.1 Å². The van der Waals surface area contributed by atoms with Gasteiger partial charge in [-0.2, -0.15) is 0 Å². The van der Waals surface area contributed by atoms with E-state index in [1.807, 2.05) is 68.4 Å². The number of nitrogens with zero attached hydrogens (tertiary/aromatic N) is 1. The average Bonchev–Trinajstić information content (AvgIpc) is 3.58. The number of hydrogen-bond donors (Lipinski definition) is 2. The van der Waals surface area contributed by atoms with Crippen molar-refractivity contribution < 1.29 is 24.2 Å². The number of benzene rings is 3. The Hall–Kier alpha value is -4.14. The topological polar surface area (TPSA) is 95.9 Å². The van der Waals surface area contributed by atoms with Crippen LogP contribution in [0.4, 0.5) is 4.79 Å². The van der Waals surface area contributed by atoms with Crippen LogP contribution in [0.1, 0.15) is 52.5 Å². The molecule has 7 nitrogen and oxygen atoms in total. The third kappa shape index (κ3) is 7.31. The molecule has 1 heterocycles. The minimum Gasteiger partial charge on any atom is -0.480 e. The summed E-state index contributed by atoms with van der Waals surface area (Å²) >= 11 is 7.23. The largest absolute Gasteiger partial charge is 0.480 e. The van der Waals surface area contributed by atoms with E-state index in [1.165, 1.54) is 4.90 Å². The Labute approximate surface area is 266 Å². The Morgan fingerprint density at radius 2 is 1.52 bits per heavy atom. The second-order valence-corrected chi connectivity index (χ2v) is 13.1. The van der Waals surface area contributed by atoms with Crippen LogP contribution in [0, 0.1) is 5.92 Å². The first-order valence-electron chi connectivity index (χ1n) is 14.7. The Morgan fingerprint density at radius 3 is 2.09 bits per heavy atom. The number of halogens is 1. The van der Waals surface area contributed by atoms with Gasteiger partial charge in [-0.1, -0.05) is 104 Å². The van der Waals surface area contributed by atoms with Gasteiger partial charge in [-0.15, -0.1) is 11.3 Å². The van der Waals surface area contributed by atoms with Crippen LogP contribution in [0.25, 0.3) is 11.1 Å². The first kappa shape index (κ1) is 31.3. The number of carboxylic acid groups (broad SMARTS) is 1. The molecular weight excluding hydrogens is 596 g/mol. The van der Waals surface area contributed by atoms with Crippen molar-refractivity contribution in [3.05, 3.63) is 117 Å². The minimum atomic E-state index is -1.16. The maximum atomic E-state index is 13.8. The first-order chi connectivity index (χ1) is 21.2. The van der Waals surface area contributed by atoms with Crippen molar-refractivity contribution in [2.75, 3.05) is 13.2 Å². The molecule has 3 aromatic carbocycles. The molecule has 0 saturated heterocycles. The third-order valence-electron chi connectivity index (χ3n) is 7.82. The van der Waals surface area contributed by atoms with E-state index in [-0.39, 0.29) is 31.4 Å². The first-order valence-corrected chi connectivity index (χ1v) is 15.8. The molecular formula is C35H35ClN2O5S. The van der Waals surface area contributed by atoms with Crippen molar-refractivity contribution in [2.24, 2.45) is 5.92 Å². The van der Waals surface area contributed by atoms with E-state index in [4.69, 9.17) is 16.3 Å². The average molecular weight is 631 g/mol. The fourth-order valence-corrected chi connectivity index (χ4v) is 6.88. The molecule has 9 heteroatoms. The lowest BCUT2D eigenvalue weighted by Gasteiger charge is -2.33. The lowest BCUT2D eigenvalue weighted by atomic mass is 9.98. The summed E-state index contributed by atoms with van der Waals surface area (Å²) in [6.45, 7) is 4.16. The zero-order valence-electron chi connectivity index (χ0n) is 24.6. The maximum Gasteiger partial charge on any atom is 0.407 e. The smallest absolute Gasteiger partial charge is 0.407 e. The number of rotatable bonds is 12. The van der Waals surface area contributed by atoms with E-state index < -0.39 is 30.1 Å². The summed E-state index contributed by atoms with van der Waals surface area (Å²) in [6.07, 6.45) is 0.0102. The van der Waals surface area contributed by atoms with Crippen LogP contribution in [-0.2, 0) is 16.0 Å². The summed E-state index contributed by atoms with van der Waals surface area (Å²) in [4.78, 5) is 41.4. The van der Waals surface area contributed by atoms with Crippen LogP contribution in [0.2, 0.25) is 4.34 Å². The Kier molecular flexibility index (Phi) is 10.0. The van der Waals surface area contributed by atoms with Gasteiger partial charge in [0.1, 0.15) is 12.6 Å². The quantitative estimate of drug-likeness (QED) is 0.169. The highest BCUT2D eigenvalue weighted by molar-refractivity contribution is 7.18. The molecule has 44 heavy (non-hydrogen) atoms. The van der Waals surface area contributed by atoms with E-state index in [0.717, 1.165) is 39.2 Å². The number of aliphatic carboxylic acids is 1. The Bertz CT molecular complexity index is 1580. The van der Waals surface area contributed by atoms with Crippen LogP contribution in [0.5, 0.6) is 0 Å². The van der Waals surface area contributed by atoms with E-state index in [1.54, 1.807) is 12.1 Å². The molecule has 1 aliphatic rings. The van der Waals surface area contributed by atoms with Crippen molar-refractivity contribution in [1.29, 1.82) is 0 Å². The minimum absolute atomic E-state index is 0.0134. The van der Waals surface area contributed by atoms with Gasteiger partial charge in [0.15, 0.2) is 0 Å². The fourth-order valence-electron chi connectivity index (χ4n) is 5.88. The van der Waals surface area contributed by atoms with Crippen LogP contribution < -0.4 is 5.32 Å². The number of hydrogen-bond acceptors (Lipinski definition) is 5. The lowest BCUT2D eigenvalue weighted by Crippen LogP contribution is -2.53. The molecule has 0 aliphatic heterocycles. The van der Waals surface area contributed by atoms with Crippen LogP contribution >= 0.6 is 22.9 Å². The highest BCUT2D eigenvalue weighted by Gasteiger charge is 2.34. The molecule has 2 atom stereocenters. The van der Waals surface area contributed by atoms with Gasteiger partial charge in [-0.25, -0.2) is 9.59 Å². The van der Waals surface area contributed by atoms with Gasteiger partial charge in [-0.3, -0.25) is 4.79 Å². The molecule has 2 amide bonds. The van der Waals surface area contributed by atoms with Gasteiger partial charge in [0.05, 0.1) is 15.3 Å². The molecule has 0 radical (unpaired) electrons. The zero-order chi connectivity index (χ0) is 31.2. The van der Waals surface area contributed by atoms with Crippen molar-refractivity contribution in [3.63, 3.8) is 0 Å². The SMILES string of the molecule is CC(C)CC(CN(C(=O)c1ccc(Cl)s1)[C@@H](Cc1ccccc1)C(=O)O)NC(=O)OCC1c2ccccc2-c2ccccc21. The molecule has 5 rings (SSSR count). The molecule has 228 valence electrons. The van der Waals surface area contributed by atoms with Gasteiger partial charge in [0.25, 0.3) is 5.91 Å². The fraction of sp³-hybridized carbons (Fsp3) is 0.286. The predicted molar refractivity (Wildman–Crippen MR) is 173 cm³/mol. The van der Waals surface area contributed by atoms with E-state index >= 15 is 0 Å². The highest BCUT2D eigenvalue weighted by atomic mass is 35.5. The van der Waals surface area contributed by atoms with Crippen LogP contribution in [0.3, 0.4) is 0 Å². The third-order valence-corrected chi connectivity index (χ3v) is 9.04. The molecule has 1 aliphatic carbocycles. The number of carbonyl (C=O) groups excluding carboxylic acids is 2. The number of carbonyl (C=O) groups is 3. The number of fused-ring (bicyclic) bond motifs is 3. The van der Waals surface area contributed by atoms with Crippen molar-refractivity contribution in [2.45, 2.75) is 44.7 Å². The second-order valence-electron chi connectivity index (χ2n) is 11.4. The molecule has 0 fully saturated rings. The molecule has 2 N–H and O–H groups in total. The zero-order valence-corrected chi connectivity index (χ0v) is 26.2. The number of thiophene rings is 1. The summed E-state index contributed by atoms with van der Waals surface area (Å²) in [5.74, 6) is -1.53. The number of carboxylic acids is 1. The molecule has 1 aromatic heterocycles. The molecule has 1 unspecified atom stereocenters. The molecule has 0 saturated carbocycles. The molecule has 0 spiro atoms. The Balaban J connectivity index is 1.35. The summed E-state index contributed by atoms with van der Waals surface area (Å²) in [5, 5.41) is 13.3. The number of amides is 2. The Morgan fingerprint density at radius 1 is 0.909 bits per heavy atom. The summed E-state index contributed by atoms with van der Waals surface area (Å²) < 4.78 is 6.23. The predicted octanol–water partition coefficient (Wildman–Crippen LogP) is 7.49. The second kappa shape index (κ2) is 14.1. The van der Waals surface area contributed by atoms with Crippen molar-refractivity contribution in [1.82, 2.24) is 10.2 Å². The summed E-state index contributed by atoms with van der Waals surface area (Å²) in [6, 6.07) is 26.9. The van der Waals surface area contributed by atoms with Crippen LogP contribution in [0.15, 0.2) is 91.0 Å². The summed E-state index contributed by atoms with van der Waals surface area (Å²) in [7, 11) is 0. The van der Waals surface area contributed by atoms with Crippen molar-refractivity contribution >= 4 is 40.9 Å². The number of alkyl carbamates (subject to hydrolysis) is 1. The normalized spacial score (nSPS) is 13.5. The number of nitrogens with one attached hydrogen (secondary N) is 1. The van der Waals surface area contributed by atoms with Gasteiger partial charge < -0.3 is 20.1 Å². The standard InChI is InChI=1S/C35H35ClN2O5S/c1-22(2)18-24(37-35(42)43-21-29-27-14-8-6-12-25(27)26-13-7-9-15-28(26)29)20-38(33(39)31-16-17-32(36)44-31)30(34(40)41)19-23-10-4-3-5-11-23/h3-17,22,24,29-30H,18-21H2,1-2H3,(H,37,42)(H,40,41)/t24?,30-/m0/s1. The van der Waals surface area contributed by atoms with E-state index in [9.17, 15) is 19.5 Å². The van der Waals surface area contributed by atoms with Crippen LogP contribution in [-0.4, -0.2) is 53.2 Å². The molecule has 4 aromatic rings. The van der Waals surface area contributed by atoms with Gasteiger partial charge in [-0.05, 0) is 52.3 Å².